The molecule has 4 aromatic rings. The predicted octanol–water partition coefficient (Wildman–Crippen LogP) is 2.05. The van der Waals surface area contributed by atoms with E-state index in [9.17, 15) is 22.8 Å². The van der Waals surface area contributed by atoms with E-state index in [4.69, 9.17) is 9.47 Å². The SMILES string of the molecule is COc1ccc(-n2c(=O)[nH]c3cc(C(=O)NC(C)c4ccc(S(C)(=O)=O)cc4)sc3c2=O)nc1OC. The number of amides is 1. The molecule has 36 heavy (non-hydrogen) atoms. The number of benzene rings is 1. The smallest absolute Gasteiger partial charge is 0.334 e. The standard InChI is InChI=1S/C23H22N4O7S2/c1-12(13-5-7-14(8-6-13)36(4,31)32)24-20(28)17-11-15-19(35-17)22(29)27(23(30)25-15)18-10-9-16(33-2)21(26-18)34-3/h5-12H,1-4H3,(H,24,28)(H,25,30). The van der Waals surface area contributed by atoms with Crippen LogP contribution in [0, 0.1) is 0 Å². The summed E-state index contributed by atoms with van der Waals surface area (Å²) in [6.45, 7) is 1.75. The maximum atomic E-state index is 13.2. The van der Waals surface area contributed by atoms with Crippen LogP contribution in [-0.4, -0.2) is 49.3 Å². The average molecular weight is 531 g/mol. The number of H-pyrrole nitrogens is 1. The molecule has 3 heterocycles. The van der Waals surface area contributed by atoms with E-state index in [-0.39, 0.29) is 31.7 Å². The molecule has 0 radical (unpaired) electrons. The van der Waals surface area contributed by atoms with Gasteiger partial charge in [0.1, 0.15) is 10.5 Å². The van der Waals surface area contributed by atoms with Gasteiger partial charge in [0.05, 0.1) is 35.6 Å². The molecular weight excluding hydrogens is 508 g/mol. The molecule has 1 atom stereocenters. The van der Waals surface area contributed by atoms with Crippen LogP contribution in [0.4, 0.5) is 0 Å². The number of rotatable bonds is 7. The van der Waals surface area contributed by atoms with Crippen molar-refractivity contribution in [2.24, 2.45) is 0 Å². The summed E-state index contributed by atoms with van der Waals surface area (Å²) in [6.07, 6.45) is 1.12. The molecule has 0 saturated carbocycles. The van der Waals surface area contributed by atoms with Gasteiger partial charge in [-0.2, -0.15) is 4.98 Å². The molecule has 11 nitrogen and oxygen atoms in total. The zero-order chi connectivity index (χ0) is 26.2. The second-order valence-electron chi connectivity index (χ2n) is 7.84. The zero-order valence-corrected chi connectivity index (χ0v) is 21.3. The van der Waals surface area contributed by atoms with Crippen molar-refractivity contribution in [3.05, 3.63) is 73.7 Å². The molecule has 3 aromatic heterocycles. The number of pyridine rings is 1. The Hall–Kier alpha value is -3.97. The fourth-order valence-electron chi connectivity index (χ4n) is 3.53. The molecule has 0 spiro atoms. The van der Waals surface area contributed by atoms with E-state index in [0.29, 0.717) is 11.3 Å². The molecule has 188 valence electrons. The van der Waals surface area contributed by atoms with Gasteiger partial charge in [0, 0.05) is 6.26 Å². The van der Waals surface area contributed by atoms with Gasteiger partial charge >= 0.3 is 5.69 Å². The molecule has 1 aromatic carbocycles. The van der Waals surface area contributed by atoms with Crippen LogP contribution in [-0.2, 0) is 9.84 Å². The summed E-state index contributed by atoms with van der Waals surface area (Å²) in [5.74, 6) is 0.0199. The maximum Gasteiger partial charge on any atom is 0.334 e. The molecule has 0 fully saturated rings. The Morgan fingerprint density at radius 2 is 1.81 bits per heavy atom. The number of nitrogens with one attached hydrogen (secondary N) is 2. The minimum atomic E-state index is -3.33. The van der Waals surface area contributed by atoms with E-state index in [0.717, 1.165) is 22.2 Å². The van der Waals surface area contributed by atoms with Gasteiger partial charge in [-0.3, -0.25) is 9.59 Å². The minimum absolute atomic E-state index is 0.0337. The molecule has 0 aliphatic carbocycles. The number of carbonyl (C=O) groups excluding carboxylic acids is 1. The summed E-state index contributed by atoms with van der Waals surface area (Å²) in [6, 6.07) is 10.2. The van der Waals surface area contributed by atoms with E-state index in [1.54, 1.807) is 19.1 Å². The van der Waals surface area contributed by atoms with Crippen LogP contribution in [0.2, 0.25) is 0 Å². The van der Waals surface area contributed by atoms with Gasteiger partial charge in [0.2, 0.25) is 0 Å². The lowest BCUT2D eigenvalue weighted by Gasteiger charge is -2.14. The van der Waals surface area contributed by atoms with Gasteiger partial charge in [-0.1, -0.05) is 12.1 Å². The number of aromatic amines is 1. The Balaban J connectivity index is 1.65. The van der Waals surface area contributed by atoms with Crippen LogP contribution in [0.25, 0.3) is 16.0 Å². The number of hydrogen-bond acceptors (Lipinski definition) is 9. The number of ether oxygens (including phenoxy) is 2. The van der Waals surface area contributed by atoms with Crippen molar-refractivity contribution in [2.45, 2.75) is 17.9 Å². The van der Waals surface area contributed by atoms with E-state index in [2.05, 4.69) is 15.3 Å². The van der Waals surface area contributed by atoms with Crippen LogP contribution in [0.3, 0.4) is 0 Å². The highest BCUT2D eigenvalue weighted by atomic mass is 32.2. The summed E-state index contributed by atoms with van der Waals surface area (Å²) < 4.78 is 34.6. The Labute approximate surface area is 209 Å². The predicted molar refractivity (Wildman–Crippen MR) is 134 cm³/mol. The first-order valence-electron chi connectivity index (χ1n) is 10.5. The molecule has 0 bridgehead atoms. The number of hydrogen-bond donors (Lipinski definition) is 2. The molecule has 13 heteroatoms. The van der Waals surface area contributed by atoms with Gasteiger partial charge in [0.25, 0.3) is 17.3 Å². The van der Waals surface area contributed by atoms with Crippen molar-refractivity contribution in [1.29, 1.82) is 0 Å². The molecule has 0 aliphatic heterocycles. The number of sulfone groups is 1. The summed E-state index contributed by atoms with van der Waals surface area (Å²) >= 11 is 0.932. The largest absolute Gasteiger partial charge is 0.491 e. The van der Waals surface area contributed by atoms with Gasteiger partial charge < -0.3 is 19.8 Å². The Morgan fingerprint density at radius 1 is 1.11 bits per heavy atom. The van der Waals surface area contributed by atoms with Crippen molar-refractivity contribution < 1.29 is 22.7 Å². The first-order chi connectivity index (χ1) is 17.0. The molecule has 1 amide bonds. The Morgan fingerprint density at radius 3 is 2.42 bits per heavy atom. The average Bonchev–Trinajstić information content (AvgIpc) is 3.28. The third-order valence-corrected chi connectivity index (χ3v) is 7.66. The van der Waals surface area contributed by atoms with Crippen molar-refractivity contribution >= 4 is 37.3 Å². The first kappa shape index (κ1) is 25.1. The van der Waals surface area contributed by atoms with E-state index >= 15 is 0 Å². The van der Waals surface area contributed by atoms with Crippen molar-refractivity contribution in [3.8, 4) is 17.4 Å². The van der Waals surface area contributed by atoms with Gasteiger partial charge in [-0.15, -0.1) is 11.3 Å². The second-order valence-corrected chi connectivity index (χ2v) is 10.9. The zero-order valence-electron chi connectivity index (χ0n) is 19.7. The third-order valence-electron chi connectivity index (χ3n) is 5.41. The van der Waals surface area contributed by atoms with Crippen molar-refractivity contribution in [1.82, 2.24) is 19.9 Å². The maximum absolute atomic E-state index is 13.2. The Kier molecular flexibility index (Phi) is 6.69. The summed E-state index contributed by atoms with van der Waals surface area (Å²) in [5.41, 5.74) is -0.438. The lowest BCUT2D eigenvalue weighted by atomic mass is 10.1. The molecular formula is C23H22N4O7S2. The van der Waals surface area contributed by atoms with E-state index in [1.165, 1.54) is 44.6 Å². The third kappa shape index (κ3) is 4.75. The van der Waals surface area contributed by atoms with Crippen LogP contribution >= 0.6 is 11.3 Å². The van der Waals surface area contributed by atoms with Gasteiger partial charge in [-0.25, -0.2) is 17.8 Å². The number of fused-ring (bicyclic) bond motifs is 1. The number of methoxy groups -OCH3 is 2. The summed E-state index contributed by atoms with van der Waals surface area (Å²) in [4.78, 5) is 45.9. The van der Waals surface area contributed by atoms with Crippen LogP contribution in [0.5, 0.6) is 11.6 Å². The van der Waals surface area contributed by atoms with E-state index in [1.807, 2.05) is 0 Å². The quantitative estimate of drug-likeness (QED) is 0.369. The lowest BCUT2D eigenvalue weighted by Crippen LogP contribution is -2.33. The van der Waals surface area contributed by atoms with Crippen molar-refractivity contribution in [2.75, 3.05) is 20.5 Å². The van der Waals surface area contributed by atoms with Crippen molar-refractivity contribution in [3.63, 3.8) is 0 Å². The number of nitrogens with zero attached hydrogens (tertiary/aromatic N) is 2. The van der Waals surface area contributed by atoms with Gasteiger partial charge in [0.15, 0.2) is 15.6 Å². The molecule has 0 saturated heterocycles. The van der Waals surface area contributed by atoms with Crippen LogP contribution in [0.15, 0.2) is 56.9 Å². The second kappa shape index (κ2) is 9.59. The Bertz CT molecular complexity index is 1690. The summed E-state index contributed by atoms with van der Waals surface area (Å²) in [5, 5.41) is 2.82. The number of aromatic nitrogens is 3. The topological polar surface area (TPSA) is 149 Å². The molecule has 1 unspecified atom stereocenters. The monoisotopic (exact) mass is 530 g/mol. The number of carbonyl (C=O) groups is 1. The highest BCUT2D eigenvalue weighted by Crippen LogP contribution is 2.26. The first-order valence-corrected chi connectivity index (χ1v) is 13.2. The number of thiophene rings is 1. The van der Waals surface area contributed by atoms with Gasteiger partial charge in [-0.05, 0) is 42.8 Å². The highest BCUT2D eigenvalue weighted by molar-refractivity contribution is 7.90. The van der Waals surface area contributed by atoms with Crippen LogP contribution < -0.4 is 26.0 Å². The molecule has 4 rings (SSSR count). The fourth-order valence-corrected chi connectivity index (χ4v) is 5.10. The molecule has 2 N–H and O–H groups in total. The normalized spacial score (nSPS) is 12.3. The minimum Gasteiger partial charge on any atom is -0.491 e. The summed E-state index contributed by atoms with van der Waals surface area (Å²) in [7, 11) is -0.506. The lowest BCUT2D eigenvalue weighted by molar-refractivity contribution is 0.0944. The molecule has 0 aliphatic rings. The van der Waals surface area contributed by atoms with E-state index < -0.39 is 33.0 Å². The van der Waals surface area contributed by atoms with Crippen LogP contribution in [0.1, 0.15) is 28.2 Å². The fraction of sp³-hybridized carbons (Fsp3) is 0.217. The highest BCUT2D eigenvalue weighted by Gasteiger charge is 2.20.